The van der Waals surface area contributed by atoms with E-state index in [4.69, 9.17) is 0 Å². The number of unbranched alkanes of at least 4 members (excludes halogenated alkanes) is 2. The van der Waals surface area contributed by atoms with Crippen LogP contribution in [0, 0.1) is 0 Å². The Morgan fingerprint density at radius 3 is 2.41 bits per heavy atom. The molecule has 2 rings (SSSR count). The molecule has 0 fully saturated rings. The second-order valence-corrected chi connectivity index (χ2v) is 4.79. The van der Waals surface area contributed by atoms with Crippen LogP contribution < -0.4 is 0 Å². The van der Waals surface area contributed by atoms with E-state index in [9.17, 15) is 4.79 Å². The summed E-state index contributed by atoms with van der Waals surface area (Å²) in [6.45, 7) is 2.23. The van der Waals surface area contributed by atoms with Crippen LogP contribution in [0.15, 0.2) is 30.3 Å². The molecular weight excluding hydrogens is 208 g/mol. The van der Waals surface area contributed by atoms with Crippen LogP contribution in [-0.2, 0) is 11.2 Å². The lowest BCUT2D eigenvalue weighted by atomic mass is 10.0. The second-order valence-electron chi connectivity index (χ2n) is 4.79. The van der Waals surface area contributed by atoms with Crippen molar-refractivity contribution in [1.29, 1.82) is 0 Å². The number of hydrogen-bond acceptors (Lipinski definition) is 1. The molecule has 1 aromatic carbocycles. The molecule has 0 heterocycles. The highest BCUT2D eigenvalue weighted by Gasteiger charge is 2.12. The van der Waals surface area contributed by atoms with Crippen molar-refractivity contribution in [2.75, 3.05) is 0 Å². The van der Waals surface area contributed by atoms with Crippen molar-refractivity contribution in [3.63, 3.8) is 0 Å². The average molecular weight is 228 g/mol. The molecule has 1 nitrogen and oxygen atoms in total. The summed E-state index contributed by atoms with van der Waals surface area (Å²) in [4.78, 5) is 11.2. The maximum atomic E-state index is 11.2. The Kier molecular flexibility index (Phi) is 4.13. The van der Waals surface area contributed by atoms with Crippen LogP contribution in [0.2, 0.25) is 0 Å². The molecule has 0 bridgehead atoms. The minimum Gasteiger partial charge on any atom is -0.295 e. The van der Waals surface area contributed by atoms with Gasteiger partial charge in [0, 0.05) is 6.42 Å². The van der Waals surface area contributed by atoms with Crippen LogP contribution in [0.3, 0.4) is 0 Å². The molecule has 1 aliphatic carbocycles. The number of aryl methyl sites for hydroxylation is 1. The largest absolute Gasteiger partial charge is 0.295 e. The minimum absolute atomic E-state index is 0.270. The van der Waals surface area contributed by atoms with Gasteiger partial charge in [-0.2, -0.15) is 0 Å². The van der Waals surface area contributed by atoms with E-state index in [1.807, 2.05) is 0 Å². The summed E-state index contributed by atoms with van der Waals surface area (Å²) < 4.78 is 0. The molecule has 17 heavy (non-hydrogen) atoms. The molecule has 0 unspecified atom stereocenters. The molecule has 90 valence electrons. The van der Waals surface area contributed by atoms with Gasteiger partial charge in [-0.3, -0.25) is 4.79 Å². The highest BCUT2D eigenvalue weighted by molar-refractivity contribution is 6.01. The number of benzene rings is 1. The van der Waals surface area contributed by atoms with Gasteiger partial charge in [0.2, 0.25) is 0 Å². The number of carbonyl (C=O) groups excluding carboxylic acids is 1. The highest BCUT2D eigenvalue weighted by Crippen LogP contribution is 2.26. The van der Waals surface area contributed by atoms with Crippen LogP contribution in [-0.4, -0.2) is 5.78 Å². The standard InChI is InChI=1S/C16H20O/c1-2-3-4-5-13-6-8-14(9-7-13)15-10-11-16(17)12-15/h6-9,12H,2-5,10-11H2,1H3. The normalized spacial score (nSPS) is 15.1. The topological polar surface area (TPSA) is 17.1 Å². The molecule has 0 spiro atoms. The van der Waals surface area contributed by atoms with Crippen molar-refractivity contribution in [3.8, 4) is 0 Å². The highest BCUT2D eigenvalue weighted by atomic mass is 16.1. The van der Waals surface area contributed by atoms with Crippen molar-refractivity contribution in [2.45, 2.75) is 45.4 Å². The molecule has 0 saturated heterocycles. The summed E-state index contributed by atoms with van der Waals surface area (Å²) in [6.07, 6.45) is 8.42. The van der Waals surface area contributed by atoms with E-state index in [-0.39, 0.29) is 5.78 Å². The summed E-state index contributed by atoms with van der Waals surface area (Å²) >= 11 is 0. The fourth-order valence-corrected chi connectivity index (χ4v) is 2.29. The van der Waals surface area contributed by atoms with E-state index in [1.165, 1.54) is 42.4 Å². The van der Waals surface area contributed by atoms with Gasteiger partial charge in [-0.25, -0.2) is 0 Å². The lowest BCUT2D eigenvalue weighted by Gasteiger charge is -2.04. The molecule has 0 saturated carbocycles. The van der Waals surface area contributed by atoms with Crippen LogP contribution >= 0.6 is 0 Å². The van der Waals surface area contributed by atoms with Gasteiger partial charge in [0.25, 0.3) is 0 Å². The lowest BCUT2D eigenvalue weighted by Crippen LogP contribution is -1.87. The second kappa shape index (κ2) is 5.81. The van der Waals surface area contributed by atoms with Crippen molar-refractivity contribution >= 4 is 11.4 Å². The van der Waals surface area contributed by atoms with Gasteiger partial charge in [0.15, 0.2) is 5.78 Å². The summed E-state index contributed by atoms with van der Waals surface area (Å²) in [5.74, 6) is 0.270. The molecule has 0 N–H and O–H groups in total. The summed E-state index contributed by atoms with van der Waals surface area (Å²) in [7, 11) is 0. The zero-order valence-electron chi connectivity index (χ0n) is 10.5. The maximum absolute atomic E-state index is 11.2. The van der Waals surface area contributed by atoms with Crippen LogP contribution in [0.5, 0.6) is 0 Å². The molecule has 0 aliphatic heterocycles. The fraction of sp³-hybridized carbons (Fsp3) is 0.438. The van der Waals surface area contributed by atoms with E-state index in [0.717, 1.165) is 6.42 Å². The van der Waals surface area contributed by atoms with Crippen LogP contribution in [0.1, 0.15) is 50.2 Å². The first-order valence-corrected chi connectivity index (χ1v) is 6.62. The van der Waals surface area contributed by atoms with Crippen LogP contribution in [0.4, 0.5) is 0 Å². The van der Waals surface area contributed by atoms with Crippen molar-refractivity contribution in [3.05, 3.63) is 41.5 Å². The third kappa shape index (κ3) is 3.29. The maximum Gasteiger partial charge on any atom is 0.156 e. The van der Waals surface area contributed by atoms with E-state index >= 15 is 0 Å². The predicted octanol–water partition coefficient (Wildman–Crippen LogP) is 4.17. The number of allylic oxidation sites excluding steroid dienone is 2. The van der Waals surface area contributed by atoms with E-state index < -0.39 is 0 Å². The Morgan fingerprint density at radius 1 is 1.06 bits per heavy atom. The van der Waals surface area contributed by atoms with Gasteiger partial charge in [-0.05, 0) is 42.0 Å². The molecule has 0 atom stereocenters. The smallest absolute Gasteiger partial charge is 0.156 e. The summed E-state index contributed by atoms with van der Waals surface area (Å²) in [6, 6.07) is 8.72. The number of ketones is 1. The first-order valence-electron chi connectivity index (χ1n) is 6.62. The Labute approximate surface area is 104 Å². The monoisotopic (exact) mass is 228 g/mol. The molecule has 0 aromatic heterocycles. The van der Waals surface area contributed by atoms with E-state index in [2.05, 4.69) is 31.2 Å². The first-order chi connectivity index (χ1) is 8.29. The predicted molar refractivity (Wildman–Crippen MR) is 71.9 cm³/mol. The van der Waals surface area contributed by atoms with Crippen molar-refractivity contribution < 1.29 is 4.79 Å². The van der Waals surface area contributed by atoms with Gasteiger partial charge >= 0.3 is 0 Å². The van der Waals surface area contributed by atoms with E-state index in [1.54, 1.807) is 6.08 Å². The Bertz CT molecular complexity index is 412. The number of hydrogen-bond donors (Lipinski definition) is 0. The number of rotatable bonds is 5. The minimum atomic E-state index is 0.270. The van der Waals surface area contributed by atoms with Gasteiger partial charge in [-0.1, -0.05) is 44.0 Å². The molecule has 0 radical (unpaired) electrons. The van der Waals surface area contributed by atoms with Gasteiger partial charge in [0.05, 0.1) is 0 Å². The molecule has 1 aliphatic rings. The quantitative estimate of drug-likeness (QED) is 0.691. The zero-order valence-corrected chi connectivity index (χ0v) is 10.5. The SMILES string of the molecule is CCCCCc1ccc(C2=CC(=O)CC2)cc1. The lowest BCUT2D eigenvalue weighted by molar-refractivity contribution is -0.114. The van der Waals surface area contributed by atoms with Crippen LogP contribution in [0.25, 0.3) is 5.57 Å². The Balaban J connectivity index is 1.98. The average Bonchev–Trinajstić information content (AvgIpc) is 2.77. The van der Waals surface area contributed by atoms with Crippen molar-refractivity contribution in [2.24, 2.45) is 0 Å². The number of carbonyl (C=O) groups is 1. The van der Waals surface area contributed by atoms with E-state index in [0.29, 0.717) is 6.42 Å². The molecule has 1 aromatic rings. The van der Waals surface area contributed by atoms with Gasteiger partial charge < -0.3 is 0 Å². The third-order valence-corrected chi connectivity index (χ3v) is 3.37. The van der Waals surface area contributed by atoms with Crippen molar-refractivity contribution in [1.82, 2.24) is 0 Å². The summed E-state index contributed by atoms with van der Waals surface area (Å²) in [5.41, 5.74) is 3.83. The fourth-order valence-electron chi connectivity index (χ4n) is 2.29. The summed E-state index contributed by atoms with van der Waals surface area (Å²) in [5, 5.41) is 0. The molecule has 1 heteroatoms. The Morgan fingerprint density at radius 2 is 1.82 bits per heavy atom. The van der Waals surface area contributed by atoms with Gasteiger partial charge in [-0.15, -0.1) is 0 Å². The Hall–Kier alpha value is -1.37. The molecular formula is C16H20O. The first kappa shape index (κ1) is 12.1. The molecule has 0 amide bonds. The van der Waals surface area contributed by atoms with Gasteiger partial charge in [0.1, 0.15) is 0 Å². The zero-order chi connectivity index (χ0) is 12.1. The third-order valence-electron chi connectivity index (χ3n) is 3.37.